The molecule has 4 nitrogen and oxygen atoms in total. The lowest BCUT2D eigenvalue weighted by Crippen LogP contribution is -2.49. The highest BCUT2D eigenvalue weighted by Gasteiger charge is 2.26. The largest absolute Gasteiger partial charge is 0.354 e. The summed E-state index contributed by atoms with van der Waals surface area (Å²) >= 11 is 6.22. The van der Waals surface area contributed by atoms with Crippen molar-refractivity contribution in [3.05, 3.63) is 70.7 Å². The third-order valence-corrected chi connectivity index (χ3v) is 5.15. The Morgan fingerprint density at radius 2 is 1.75 bits per heavy atom. The molecular weight excluding hydrogens is 372 g/mol. The van der Waals surface area contributed by atoms with E-state index in [9.17, 15) is 9.59 Å². The molecule has 0 aliphatic carbocycles. The van der Waals surface area contributed by atoms with Crippen molar-refractivity contribution in [1.82, 2.24) is 10.2 Å². The zero-order chi connectivity index (χ0) is 20.4. The molecule has 0 radical (unpaired) electrons. The standard InChI is InChI=1S/C23H29ClN2O2/c1-3-4-15-25-23(28)18(2)26(16-14-19-10-6-5-7-11-19)22(27)17-20-12-8-9-13-21(20)24/h5-13,18H,3-4,14-17H2,1-2H3,(H,25,28)/t18-/m0/s1. The third kappa shape index (κ3) is 6.68. The van der Waals surface area contributed by atoms with Gasteiger partial charge in [-0.05, 0) is 37.0 Å². The molecule has 0 aliphatic heterocycles. The van der Waals surface area contributed by atoms with Crippen molar-refractivity contribution in [2.24, 2.45) is 0 Å². The van der Waals surface area contributed by atoms with Crippen molar-refractivity contribution in [2.75, 3.05) is 13.1 Å². The Morgan fingerprint density at radius 3 is 2.43 bits per heavy atom. The zero-order valence-electron chi connectivity index (χ0n) is 16.7. The van der Waals surface area contributed by atoms with E-state index in [4.69, 9.17) is 11.6 Å². The first kappa shape index (κ1) is 22.0. The molecule has 0 aliphatic rings. The van der Waals surface area contributed by atoms with Gasteiger partial charge in [0.1, 0.15) is 6.04 Å². The van der Waals surface area contributed by atoms with Crippen LogP contribution in [-0.2, 0) is 22.4 Å². The number of halogens is 1. The maximum absolute atomic E-state index is 13.0. The number of nitrogens with one attached hydrogen (secondary N) is 1. The molecule has 0 unspecified atom stereocenters. The van der Waals surface area contributed by atoms with E-state index in [1.807, 2.05) is 48.5 Å². The summed E-state index contributed by atoms with van der Waals surface area (Å²) in [6.07, 6.45) is 2.82. The second-order valence-corrected chi connectivity index (χ2v) is 7.32. The predicted molar refractivity (Wildman–Crippen MR) is 114 cm³/mol. The van der Waals surface area contributed by atoms with E-state index >= 15 is 0 Å². The normalized spacial score (nSPS) is 11.7. The first-order valence-corrected chi connectivity index (χ1v) is 10.2. The molecule has 2 amide bonds. The van der Waals surface area contributed by atoms with Gasteiger partial charge in [0.2, 0.25) is 11.8 Å². The second kappa shape index (κ2) is 11.5. The van der Waals surface area contributed by atoms with Crippen LogP contribution in [0.25, 0.3) is 0 Å². The summed E-state index contributed by atoms with van der Waals surface area (Å²) < 4.78 is 0. The number of amides is 2. The fraction of sp³-hybridized carbons (Fsp3) is 0.391. The van der Waals surface area contributed by atoms with E-state index in [1.165, 1.54) is 0 Å². The fourth-order valence-corrected chi connectivity index (χ4v) is 3.21. The molecule has 2 rings (SSSR count). The number of carbonyl (C=O) groups is 2. The molecule has 1 atom stereocenters. The lowest BCUT2D eigenvalue weighted by Gasteiger charge is -2.29. The quantitative estimate of drug-likeness (QED) is 0.606. The lowest BCUT2D eigenvalue weighted by atomic mass is 10.1. The first-order chi connectivity index (χ1) is 13.5. The van der Waals surface area contributed by atoms with Crippen LogP contribution in [0.3, 0.4) is 0 Å². The van der Waals surface area contributed by atoms with Gasteiger partial charge in [0.25, 0.3) is 0 Å². The fourth-order valence-electron chi connectivity index (χ4n) is 3.01. The monoisotopic (exact) mass is 400 g/mol. The van der Waals surface area contributed by atoms with E-state index in [-0.39, 0.29) is 18.2 Å². The average Bonchev–Trinajstić information content (AvgIpc) is 2.70. The summed E-state index contributed by atoms with van der Waals surface area (Å²) in [5.41, 5.74) is 1.91. The van der Waals surface area contributed by atoms with E-state index in [0.29, 0.717) is 24.5 Å². The summed E-state index contributed by atoms with van der Waals surface area (Å²) in [7, 11) is 0. The molecule has 0 spiro atoms. The summed E-state index contributed by atoms with van der Waals surface area (Å²) in [6, 6.07) is 16.8. The molecule has 2 aromatic rings. The molecule has 0 saturated carbocycles. The molecule has 0 heterocycles. The predicted octanol–water partition coefficient (Wildman–Crippen LogP) is 4.26. The number of unbranched alkanes of at least 4 members (excludes halogenated alkanes) is 1. The Morgan fingerprint density at radius 1 is 1.07 bits per heavy atom. The van der Waals surface area contributed by atoms with Crippen LogP contribution < -0.4 is 5.32 Å². The van der Waals surface area contributed by atoms with Crippen LogP contribution in [0.4, 0.5) is 0 Å². The molecule has 0 aromatic heterocycles. The van der Waals surface area contributed by atoms with Gasteiger partial charge in [-0.25, -0.2) is 0 Å². The SMILES string of the molecule is CCCCNC(=O)[C@H](C)N(CCc1ccccc1)C(=O)Cc1ccccc1Cl. The van der Waals surface area contributed by atoms with Crippen LogP contribution in [0.5, 0.6) is 0 Å². The van der Waals surface area contributed by atoms with Gasteiger partial charge >= 0.3 is 0 Å². The molecule has 0 bridgehead atoms. The van der Waals surface area contributed by atoms with Crippen molar-refractivity contribution in [3.63, 3.8) is 0 Å². The van der Waals surface area contributed by atoms with Crippen molar-refractivity contribution < 1.29 is 9.59 Å². The number of nitrogens with zero attached hydrogens (tertiary/aromatic N) is 1. The Hall–Kier alpha value is -2.33. The number of rotatable bonds is 10. The molecular formula is C23H29ClN2O2. The van der Waals surface area contributed by atoms with Gasteiger partial charge in [-0.15, -0.1) is 0 Å². The topological polar surface area (TPSA) is 49.4 Å². The first-order valence-electron chi connectivity index (χ1n) is 9.87. The number of carbonyl (C=O) groups excluding carboxylic acids is 2. The summed E-state index contributed by atoms with van der Waals surface area (Å²) in [4.78, 5) is 27.3. The van der Waals surface area contributed by atoms with E-state index in [2.05, 4.69) is 12.2 Å². The Balaban J connectivity index is 2.10. The van der Waals surface area contributed by atoms with E-state index < -0.39 is 6.04 Å². The van der Waals surface area contributed by atoms with Gasteiger partial charge < -0.3 is 10.2 Å². The minimum Gasteiger partial charge on any atom is -0.354 e. The van der Waals surface area contributed by atoms with Crippen LogP contribution in [0.15, 0.2) is 54.6 Å². The Labute approximate surface area is 172 Å². The van der Waals surface area contributed by atoms with E-state index in [1.54, 1.807) is 17.9 Å². The zero-order valence-corrected chi connectivity index (χ0v) is 17.4. The summed E-state index contributed by atoms with van der Waals surface area (Å²) in [5, 5.41) is 3.50. The number of hydrogen-bond acceptors (Lipinski definition) is 2. The minimum absolute atomic E-state index is 0.0952. The second-order valence-electron chi connectivity index (χ2n) is 6.91. The minimum atomic E-state index is -0.532. The van der Waals surface area contributed by atoms with Crippen molar-refractivity contribution in [2.45, 2.75) is 45.6 Å². The highest BCUT2D eigenvalue weighted by molar-refractivity contribution is 6.31. The Bertz CT molecular complexity index is 764. The van der Waals surface area contributed by atoms with Crippen LogP contribution in [0.1, 0.15) is 37.8 Å². The van der Waals surface area contributed by atoms with Gasteiger partial charge in [0.15, 0.2) is 0 Å². The molecule has 150 valence electrons. The van der Waals surface area contributed by atoms with Crippen molar-refractivity contribution in [3.8, 4) is 0 Å². The molecule has 5 heteroatoms. The third-order valence-electron chi connectivity index (χ3n) is 4.78. The number of hydrogen-bond donors (Lipinski definition) is 1. The summed E-state index contributed by atoms with van der Waals surface area (Å²) in [6.45, 7) is 4.98. The maximum atomic E-state index is 13.0. The highest BCUT2D eigenvalue weighted by atomic mass is 35.5. The highest BCUT2D eigenvalue weighted by Crippen LogP contribution is 2.17. The lowest BCUT2D eigenvalue weighted by molar-refractivity contribution is -0.139. The molecule has 1 N–H and O–H groups in total. The van der Waals surface area contributed by atoms with Gasteiger partial charge in [0.05, 0.1) is 6.42 Å². The van der Waals surface area contributed by atoms with Gasteiger partial charge in [-0.2, -0.15) is 0 Å². The number of benzene rings is 2. The van der Waals surface area contributed by atoms with Crippen LogP contribution in [0, 0.1) is 0 Å². The van der Waals surface area contributed by atoms with E-state index in [0.717, 1.165) is 24.0 Å². The smallest absolute Gasteiger partial charge is 0.242 e. The Kier molecular flexibility index (Phi) is 9.02. The van der Waals surface area contributed by atoms with Crippen LogP contribution >= 0.6 is 11.6 Å². The van der Waals surface area contributed by atoms with Gasteiger partial charge in [-0.1, -0.05) is 73.5 Å². The van der Waals surface area contributed by atoms with Crippen LogP contribution in [-0.4, -0.2) is 35.8 Å². The average molecular weight is 401 g/mol. The summed E-state index contributed by atoms with van der Waals surface area (Å²) in [5.74, 6) is -0.212. The van der Waals surface area contributed by atoms with Crippen LogP contribution in [0.2, 0.25) is 5.02 Å². The molecule has 0 saturated heterocycles. The van der Waals surface area contributed by atoms with Gasteiger partial charge in [0, 0.05) is 18.1 Å². The van der Waals surface area contributed by atoms with Gasteiger partial charge in [-0.3, -0.25) is 9.59 Å². The molecule has 2 aromatic carbocycles. The molecule has 28 heavy (non-hydrogen) atoms. The molecule has 0 fully saturated rings. The van der Waals surface area contributed by atoms with Crippen molar-refractivity contribution >= 4 is 23.4 Å². The maximum Gasteiger partial charge on any atom is 0.242 e. The van der Waals surface area contributed by atoms with Crippen molar-refractivity contribution in [1.29, 1.82) is 0 Å².